The van der Waals surface area contributed by atoms with Crippen molar-refractivity contribution in [3.05, 3.63) is 0 Å². The summed E-state index contributed by atoms with van der Waals surface area (Å²) in [6.07, 6.45) is 2.69. The zero-order chi connectivity index (χ0) is 12.1. The van der Waals surface area contributed by atoms with Gasteiger partial charge in [-0.1, -0.05) is 27.7 Å². The first-order valence-corrected chi connectivity index (χ1v) is 6.96. The van der Waals surface area contributed by atoms with Gasteiger partial charge in [-0.15, -0.1) is 0 Å². The molecule has 0 aromatic rings. The van der Waals surface area contributed by atoms with E-state index in [-0.39, 0.29) is 0 Å². The Balaban J connectivity index is 2.26. The summed E-state index contributed by atoms with van der Waals surface area (Å²) < 4.78 is 0. The van der Waals surface area contributed by atoms with E-state index in [1.54, 1.807) is 0 Å². The minimum absolute atomic E-state index is 0.617. The average molecular weight is 226 g/mol. The first-order valence-electron chi connectivity index (χ1n) is 6.96. The predicted octanol–water partition coefficient (Wildman–Crippen LogP) is 2.74. The molecule has 1 heterocycles. The minimum atomic E-state index is 0.617. The van der Waals surface area contributed by atoms with Crippen molar-refractivity contribution in [2.45, 2.75) is 59.5 Å². The van der Waals surface area contributed by atoms with Crippen LogP contribution < -0.4 is 5.32 Å². The second-order valence-corrected chi connectivity index (χ2v) is 6.15. The summed E-state index contributed by atoms with van der Waals surface area (Å²) in [5.41, 5.74) is 0. The van der Waals surface area contributed by atoms with Crippen LogP contribution >= 0.6 is 0 Å². The van der Waals surface area contributed by atoms with E-state index in [0.29, 0.717) is 6.04 Å². The molecule has 0 aromatic heterocycles. The van der Waals surface area contributed by atoms with Crippen LogP contribution in [-0.2, 0) is 0 Å². The quantitative estimate of drug-likeness (QED) is 0.775. The number of piperidine rings is 1. The second-order valence-electron chi connectivity index (χ2n) is 6.15. The van der Waals surface area contributed by atoms with Crippen LogP contribution in [-0.4, -0.2) is 36.6 Å². The molecular formula is C14H30N2. The molecular weight excluding hydrogens is 196 g/mol. The molecule has 0 aliphatic carbocycles. The topological polar surface area (TPSA) is 15.3 Å². The number of hydrogen-bond donors (Lipinski definition) is 1. The monoisotopic (exact) mass is 226 g/mol. The van der Waals surface area contributed by atoms with Gasteiger partial charge in [0, 0.05) is 25.2 Å². The molecule has 0 radical (unpaired) electrons. The van der Waals surface area contributed by atoms with Crippen molar-refractivity contribution < 1.29 is 0 Å². The highest BCUT2D eigenvalue weighted by Gasteiger charge is 2.24. The lowest BCUT2D eigenvalue weighted by Gasteiger charge is -2.39. The Kier molecular flexibility index (Phi) is 5.77. The van der Waals surface area contributed by atoms with Crippen molar-refractivity contribution in [2.75, 3.05) is 19.6 Å². The number of rotatable bonds is 5. The van der Waals surface area contributed by atoms with E-state index >= 15 is 0 Å². The summed E-state index contributed by atoms with van der Waals surface area (Å²) in [5, 5.41) is 3.51. The highest BCUT2D eigenvalue weighted by Crippen LogP contribution is 2.23. The van der Waals surface area contributed by atoms with Crippen molar-refractivity contribution >= 4 is 0 Å². The number of nitrogens with one attached hydrogen (secondary N) is 1. The minimum Gasteiger partial charge on any atom is -0.314 e. The van der Waals surface area contributed by atoms with E-state index in [4.69, 9.17) is 0 Å². The van der Waals surface area contributed by atoms with Crippen LogP contribution in [0.5, 0.6) is 0 Å². The van der Waals surface area contributed by atoms with Crippen LogP contribution in [0.3, 0.4) is 0 Å². The van der Waals surface area contributed by atoms with Crippen molar-refractivity contribution in [1.82, 2.24) is 10.2 Å². The van der Waals surface area contributed by atoms with Crippen molar-refractivity contribution in [3.8, 4) is 0 Å². The van der Waals surface area contributed by atoms with Gasteiger partial charge in [-0.05, 0) is 38.1 Å². The van der Waals surface area contributed by atoms with Crippen molar-refractivity contribution in [2.24, 2.45) is 11.8 Å². The number of nitrogens with zero attached hydrogens (tertiary/aromatic N) is 1. The first kappa shape index (κ1) is 14.0. The summed E-state index contributed by atoms with van der Waals surface area (Å²) in [4.78, 5) is 2.68. The molecule has 16 heavy (non-hydrogen) atoms. The molecule has 1 N–H and O–H groups in total. The Morgan fingerprint density at radius 2 is 1.69 bits per heavy atom. The molecule has 0 bridgehead atoms. The Hall–Kier alpha value is -0.0800. The van der Waals surface area contributed by atoms with Gasteiger partial charge < -0.3 is 10.2 Å². The smallest absolute Gasteiger partial charge is 0.00792 e. The van der Waals surface area contributed by atoms with Crippen molar-refractivity contribution in [3.63, 3.8) is 0 Å². The van der Waals surface area contributed by atoms with Gasteiger partial charge in [0.15, 0.2) is 0 Å². The molecule has 3 atom stereocenters. The summed E-state index contributed by atoms with van der Waals surface area (Å²) >= 11 is 0. The molecule has 2 heteroatoms. The lowest BCUT2D eigenvalue weighted by Crippen LogP contribution is -2.45. The zero-order valence-electron chi connectivity index (χ0n) is 11.8. The van der Waals surface area contributed by atoms with Gasteiger partial charge >= 0.3 is 0 Å². The average Bonchev–Trinajstić information content (AvgIpc) is 2.15. The van der Waals surface area contributed by atoms with Gasteiger partial charge in [-0.3, -0.25) is 0 Å². The second kappa shape index (κ2) is 6.61. The molecule has 3 unspecified atom stereocenters. The van der Waals surface area contributed by atoms with Gasteiger partial charge in [-0.25, -0.2) is 0 Å². The summed E-state index contributed by atoms with van der Waals surface area (Å²) in [5.74, 6) is 1.76. The normalized spacial score (nSPS) is 29.6. The Morgan fingerprint density at radius 3 is 2.19 bits per heavy atom. The fraction of sp³-hybridized carbons (Fsp3) is 1.00. The highest BCUT2D eigenvalue weighted by molar-refractivity contribution is 4.79. The molecule has 1 aliphatic heterocycles. The molecule has 0 saturated carbocycles. The zero-order valence-corrected chi connectivity index (χ0v) is 11.8. The van der Waals surface area contributed by atoms with Gasteiger partial charge in [0.05, 0.1) is 0 Å². The fourth-order valence-corrected chi connectivity index (χ4v) is 2.83. The number of hydrogen-bond acceptors (Lipinski definition) is 2. The lowest BCUT2D eigenvalue weighted by atomic mass is 9.90. The predicted molar refractivity (Wildman–Crippen MR) is 71.7 cm³/mol. The fourth-order valence-electron chi connectivity index (χ4n) is 2.83. The van der Waals surface area contributed by atoms with Crippen LogP contribution in [0, 0.1) is 11.8 Å². The SMILES string of the molecule is CC1CC(C)CN(C(C)CCNC(C)C)C1. The summed E-state index contributed by atoms with van der Waals surface area (Å²) in [7, 11) is 0. The largest absolute Gasteiger partial charge is 0.314 e. The van der Waals surface area contributed by atoms with Gasteiger partial charge in [-0.2, -0.15) is 0 Å². The van der Waals surface area contributed by atoms with E-state index in [9.17, 15) is 0 Å². The molecule has 0 spiro atoms. The lowest BCUT2D eigenvalue weighted by molar-refractivity contribution is 0.0985. The van der Waals surface area contributed by atoms with Crippen LogP contribution in [0.4, 0.5) is 0 Å². The van der Waals surface area contributed by atoms with Gasteiger partial charge in [0.1, 0.15) is 0 Å². The van der Waals surface area contributed by atoms with Crippen molar-refractivity contribution in [1.29, 1.82) is 0 Å². The standard InChI is InChI=1S/C14H30N2/c1-11(2)15-7-6-14(5)16-9-12(3)8-13(4)10-16/h11-15H,6-10H2,1-5H3. The molecule has 2 nitrogen and oxygen atoms in total. The van der Waals surface area contributed by atoms with Gasteiger partial charge in [0.25, 0.3) is 0 Å². The molecule has 1 saturated heterocycles. The van der Waals surface area contributed by atoms with Crippen LogP contribution in [0.25, 0.3) is 0 Å². The maximum absolute atomic E-state index is 3.51. The Morgan fingerprint density at radius 1 is 1.12 bits per heavy atom. The highest BCUT2D eigenvalue weighted by atomic mass is 15.2. The maximum Gasteiger partial charge on any atom is 0.00792 e. The first-order chi connectivity index (χ1) is 7.49. The van der Waals surface area contributed by atoms with Crippen LogP contribution in [0.15, 0.2) is 0 Å². The molecule has 96 valence electrons. The van der Waals surface area contributed by atoms with E-state index in [0.717, 1.165) is 24.4 Å². The Bertz CT molecular complexity index is 181. The Labute approximate surface area is 102 Å². The third-order valence-electron chi connectivity index (χ3n) is 3.64. The molecule has 0 aromatic carbocycles. The summed E-state index contributed by atoms with van der Waals surface area (Å²) in [6, 6.07) is 1.35. The van der Waals surface area contributed by atoms with E-state index in [1.165, 1.54) is 25.9 Å². The maximum atomic E-state index is 3.51. The molecule has 1 fully saturated rings. The van der Waals surface area contributed by atoms with Crippen LogP contribution in [0.2, 0.25) is 0 Å². The van der Waals surface area contributed by atoms with Gasteiger partial charge in [0.2, 0.25) is 0 Å². The third-order valence-corrected chi connectivity index (χ3v) is 3.64. The molecule has 0 amide bonds. The van der Waals surface area contributed by atoms with E-state index < -0.39 is 0 Å². The molecule has 1 aliphatic rings. The third kappa shape index (κ3) is 4.84. The number of likely N-dealkylation sites (tertiary alicyclic amines) is 1. The van der Waals surface area contributed by atoms with E-state index in [1.807, 2.05) is 0 Å². The molecule has 1 rings (SSSR count). The summed E-state index contributed by atoms with van der Waals surface area (Å²) in [6.45, 7) is 15.3. The van der Waals surface area contributed by atoms with E-state index in [2.05, 4.69) is 44.8 Å². The van der Waals surface area contributed by atoms with Crippen LogP contribution in [0.1, 0.15) is 47.5 Å².